The average Bonchev–Trinajstić information content (AvgIpc) is 1.89. The van der Waals surface area contributed by atoms with Gasteiger partial charge in [0.2, 0.25) is 0 Å². The minimum Gasteiger partial charge on any atom is -0.395 e. The van der Waals surface area contributed by atoms with Crippen LogP contribution in [0.3, 0.4) is 0 Å². The van der Waals surface area contributed by atoms with Gasteiger partial charge in [-0.15, -0.1) is 6.58 Å². The number of hydrogen-bond acceptors (Lipinski definition) is 2. The van der Waals surface area contributed by atoms with Crippen molar-refractivity contribution in [1.82, 2.24) is 4.90 Å². The summed E-state index contributed by atoms with van der Waals surface area (Å²) in [6.45, 7) is 5.71. The van der Waals surface area contributed by atoms with Crippen LogP contribution in [0.2, 0.25) is 0 Å². The van der Waals surface area contributed by atoms with Crippen LogP contribution in [-0.2, 0) is 0 Å². The van der Waals surface area contributed by atoms with Gasteiger partial charge in [0.25, 0.3) is 0 Å². The Bertz CT molecular complexity index is 83.3. The largest absolute Gasteiger partial charge is 0.395 e. The van der Waals surface area contributed by atoms with Crippen molar-refractivity contribution in [3.8, 4) is 0 Å². The third kappa shape index (κ3) is 5.79. The van der Waals surface area contributed by atoms with E-state index in [2.05, 4.69) is 11.5 Å². The van der Waals surface area contributed by atoms with Crippen LogP contribution < -0.4 is 0 Å². The highest BCUT2D eigenvalue weighted by molar-refractivity contribution is 4.66. The number of rotatable bonds is 6. The zero-order valence-corrected chi connectivity index (χ0v) is 6.71. The smallest absolute Gasteiger partial charge is 0.0558 e. The molecule has 0 amide bonds. The van der Waals surface area contributed by atoms with E-state index in [4.69, 9.17) is 5.11 Å². The van der Waals surface area contributed by atoms with Crippen LogP contribution in [0.1, 0.15) is 12.8 Å². The number of nitrogens with zero attached hydrogens (tertiary/aromatic N) is 1. The average molecular weight is 143 g/mol. The molecule has 0 saturated heterocycles. The van der Waals surface area contributed by atoms with E-state index < -0.39 is 0 Å². The van der Waals surface area contributed by atoms with Gasteiger partial charge >= 0.3 is 0 Å². The van der Waals surface area contributed by atoms with Crippen molar-refractivity contribution in [1.29, 1.82) is 0 Å². The molecule has 0 radical (unpaired) electrons. The lowest BCUT2D eigenvalue weighted by Crippen LogP contribution is -2.22. The van der Waals surface area contributed by atoms with Crippen molar-refractivity contribution in [3.05, 3.63) is 12.7 Å². The van der Waals surface area contributed by atoms with Crippen LogP contribution in [0.4, 0.5) is 0 Å². The zero-order chi connectivity index (χ0) is 7.82. The van der Waals surface area contributed by atoms with Crippen LogP contribution in [0.5, 0.6) is 0 Å². The zero-order valence-electron chi connectivity index (χ0n) is 6.71. The molecule has 0 rings (SSSR count). The van der Waals surface area contributed by atoms with Gasteiger partial charge in [0, 0.05) is 6.54 Å². The summed E-state index contributed by atoms with van der Waals surface area (Å²) in [7, 11) is 2.01. The van der Waals surface area contributed by atoms with Crippen molar-refractivity contribution < 1.29 is 5.11 Å². The Morgan fingerprint density at radius 2 is 2.20 bits per heavy atom. The Hall–Kier alpha value is -0.340. The normalized spacial score (nSPS) is 10.3. The highest BCUT2D eigenvalue weighted by Crippen LogP contribution is 1.91. The topological polar surface area (TPSA) is 23.5 Å². The predicted octanol–water partition coefficient (Wildman–Crippen LogP) is 0.877. The third-order valence-electron chi connectivity index (χ3n) is 1.43. The van der Waals surface area contributed by atoms with Crippen LogP contribution >= 0.6 is 0 Å². The first-order chi connectivity index (χ1) is 4.81. The number of likely N-dealkylation sites (N-methyl/N-ethyl adjacent to an activating group) is 1. The quantitative estimate of drug-likeness (QED) is 0.440. The third-order valence-corrected chi connectivity index (χ3v) is 1.43. The van der Waals surface area contributed by atoms with E-state index in [9.17, 15) is 0 Å². The Morgan fingerprint density at radius 1 is 1.50 bits per heavy atom. The summed E-state index contributed by atoms with van der Waals surface area (Å²) in [5.41, 5.74) is 0. The summed E-state index contributed by atoms with van der Waals surface area (Å²) in [4.78, 5) is 2.11. The van der Waals surface area contributed by atoms with Gasteiger partial charge in [-0.3, -0.25) is 0 Å². The molecule has 0 aromatic rings. The van der Waals surface area contributed by atoms with Crippen molar-refractivity contribution in [2.24, 2.45) is 0 Å². The van der Waals surface area contributed by atoms with E-state index >= 15 is 0 Å². The van der Waals surface area contributed by atoms with E-state index in [0.717, 1.165) is 25.9 Å². The molecule has 0 unspecified atom stereocenters. The standard InChI is InChI=1S/C8H17NO/c1-3-4-5-6-9(2)7-8-10/h3,10H,1,4-8H2,2H3. The Balaban J connectivity index is 3.04. The second-order valence-electron chi connectivity index (χ2n) is 2.46. The molecule has 0 aliphatic carbocycles. The van der Waals surface area contributed by atoms with E-state index in [0.29, 0.717) is 0 Å². The first kappa shape index (κ1) is 9.66. The van der Waals surface area contributed by atoms with Gasteiger partial charge in [-0.25, -0.2) is 0 Å². The molecule has 0 aliphatic rings. The van der Waals surface area contributed by atoms with Crippen LogP contribution in [-0.4, -0.2) is 36.8 Å². The lowest BCUT2D eigenvalue weighted by atomic mass is 10.3. The molecular formula is C8H17NO. The van der Waals surface area contributed by atoms with Gasteiger partial charge in [0.1, 0.15) is 0 Å². The Labute approximate surface area is 63.2 Å². The maximum atomic E-state index is 8.53. The number of unbranched alkanes of at least 4 members (excludes halogenated alkanes) is 1. The molecule has 0 aromatic heterocycles. The molecule has 0 bridgehead atoms. The molecule has 0 saturated carbocycles. The fourth-order valence-electron chi connectivity index (χ4n) is 0.788. The molecule has 0 heterocycles. The number of hydrogen-bond donors (Lipinski definition) is 1. The summed E-state index contributed by atoms with van der Waals surface area (Å²) in [5.74, 6) is 0. The monoisotopic (exact) mass is 143 g/mol. The lowest BCUT2D eigenvalue weighted by Gasteiger charge is -2.13. The maximum absolute atomic E-state index is 8.53. The summed E-state index contributed by atoms with van der Waals surface area (Å²) >= 11 is 0. The first-order valence-corrected chi connectivity index (χ1v) is 3.71. The van der Waals surface area contributed by atoms with Crippen LogP contribution in [0, 0.1) is 0 Å². The van der Waals surface area contributed by atoms with E-state index in [1.165, 1.54) is 0 Å². The van der Waals surface area contributed by atoms with Gasteiger partial charge in [-0.1, -0.05) is 6.08 Å². The van der Waals surface area contributed by atoms with Crippen LogP contribution in [0.15, 0.2) is 12.7 Å². The Kier molecular flexibility index (Phi) is 6.55. The molecule has 10 heavy (non-hydrogen) atoms. The molecule has 2 nitrogen and oxygen atoms in total. The summed E-state index contributed by atoms with van der Waals surface area (Å²) in [6, 6.07) is 0. The summed E-state index contributed by atoms with van der Waals surface area (Å²) in [6.07, 6.45) is 4.13. The molecule has 1 N–H and O–H groups in total. The minimum atomic E-state index is 0.255. The van der Waals surface area contributed by atoms with Gasteiger partial charge in [0.05, 0.1) is 6.61 Å². The predicted molar refractivity (Wildman–Crippen MR) is 44.0 cm³/mol. The molecule has 2 heteroatoms. The van der Waals surface area contributed by atoms with Crippen molar-refractivity contribution in [2.45, 2.75) is 12.8 Å². The number of aliphatic hydroxyl groups is 1. The van der Waals surface area contributed by atoms with E-state index in [1.807, 2.05) is 13.1 Å². The fourth-order valence-corrected chi connectivity index (χ4v) is 0.788. The van der Waals surface area contributed by atoms with Crippen molar-refractivity contribution in [3.63, 3.8) is 0 Å². The highest BCUT2D eigenvalue weighted by atomic mass is 16.3. The SMILES string of the molecule is C=CCCCN(C)CCO. The maximum Gasteiger partial charge on any atom is 0.0558 e. The molecule has 0 aliphatic heterocycles. The Morgan fingerprint density at radius 3 is 2.70 bits per heavy atom. The fraction of sp³-hybridized carbons (Fsp3) is 0.750. The van der Waals surface area contributed by atoms with Crippen LogP contribution in [0.25, 0.3) is 0 Å². The molecule has 0 fully saturated rings. The van der Waals surface area contributed by atoms with Gasteiger partial charge in [-0.05, 0) is 26.4 Å². The molecule has 60 valence electrons. The second-order valence-corrected chi connectivity index (χ2v) is 2.46. The highest BCUT2D eigenvalue weighted by Gasteiger charge is 1.93. The second kappa shape index (κ2) is 6.78. The summed E-state index contributed by atoms with van der Waals surface area (Å²) in [5, 5.41) is 8.53. The molecule has 0 spiro atoms. The van der Waals surface area contributed by atoms with E-state index in [1.54, 1.807) is 0 Å². The molecular weight excluding hydrogens is 126 g/mol. The number of aliphatic hydroxyl groups excluding tert-OH is 1. The molecule has 0 aromatic carbocycles. The van der Waals surface area contributed by atoms with Gasteiger partial charge in [0.15, 0.2) is 0 Å². The van der Waals surface area contributed by atoms with Gasteiger partial charge in [-0.2, -0.15) is 0 Å². The number of allylic oxidation sites excluding steroid dienone is 1. The summed E-state index contributed by atoms with van der Waals surface area (Å²) < 4.78 is 0. The van der Waals surface area contributed by atoms with Crippen molar-refractivity contribution in [2.75, 3.05) is 26.7 Å². The first-order valence-electron chi connectivity index (χ1n) is 3.71. The van der Waals surface area contributed by atoms with Crippen molar-refractivity contribution >= 4 is 0 Å². The lowest BCUT2D eigenvalue weighted by molar-refractivity contribution is 0.220. The van der Waals surface area contributed by atoms with E-state index in [-0.39, 0.29) is 6.61 Å². The van der Waals surface area contributed by atoms with Gasteiger partial charge < -0.3 is 10.0 Å². The molecule has 0 atom stereocenters. The minimum absolute atomic E-state index is 0.255.